The lowest BCUT2D eigenvalue weighted by molar-refractivity contribution is -0.139. The van der Waals surface area contributed by atoms with E-state index in [1.807, 2.05) is 21.9 Å². The largest absolute Gasteiger partial charge is 0.343 e. The molecule has 5 heteroatoms. The minimum Gasteiger partial charge on any atom is -0.343 e. The molecule has 2 heterocycles. The van der Waals surface area contributed by atoms with E-state index >= 15 is 0 Å². The van der Waals surface area contributed by atoms with Crippen LogP contribution in [0.15, 0.2) is 24.3 Å². The quantitative estimate of drug-likeness (QED) is 0.823. The van der Waals surface area contributed by atoms with Gasteiger partial charge in [-0.15, -0.1) is 0 Å². The number of amides is 2. The van der Waals surface area contributed by atoms with Crippen molar-refractivity contribution in [3.63, 3.8) is 0 Å². The van der Waals surface area contributed by atoms with Crippen molar-refractivity contribution >= 4 is 23.4 Å². The van der Waals surface area contributed by atoms with E-state index in [9.17, 15) is 9.59 Å². The number of carbonyl (C=O) groups is 2. The highest BCUT2D eigenvalue weighted by Crippen LogP contribution is 2.34. The molecule has 2 saturated heterocycles. The Balaban J connectivity index is 1.61. The average Bonchev–Trinajstić information content (AvgIpc) is 2.97. The molecule has 2 amide bonds. The predicted molar refractivity (Wildman–Crippen MR) is 94.9 cm³/mol. The molecule has 1 aromatic carbocycles. The Kier molecular flexibility index (Phi) is 5.14. The van der Waals surface area contributed by atoms with Crippen molar-refractivity contribution in [2.45, 2.75) is 32.6 Å². The fourth-order valence-corrected chi connectivity index (χ4v) is 4.12. The number of carbonyl (C=O) groups excluding carboxylic acids is 2. The molecule has 1 aromatic rings. The fourth-order valence-electron chi connectivity index (χ4n) is 3.99. The standard InChI is InChI=1S/C19H25ClN2O2/c1-13-11-22(12-18(13)15-3-5-17(20)6-4-15)19(24)16-7-9-21(10-8-16)14(2)23/h3-6,13,16,18H,7-12H2,1-2H3/t13-,18-/m0/s1. The van der Waals surface area contributed by atoms with Crippen molar-refractivity contribution in [3.05, 3.63) is 34.9 Å². The van der Waals surface area contributed by atoms with Gasteiger partial charge in [0.2, 0.25) is 11.8 Å². The van der Waals surface area contributed by atoms with E-state index in [2.05, 4.69) is 19.1 Å². The monoisotopic (exact) mass is 348 g/mol. The molecule has 0 bridgehead atoms. The van der Waals surface area contributed by atoms with E-state index in [-0.39, 0.29) is 17.7 Å². The van der Waals surface area contributed by atoms with Gasteiger partial charge in [0.25, 0.3) is 0 Å². The van der Waals surface area contributed by atoms with Crippen LogP contribution in [0.25, 0.3) is 0 Å². The summed E-state index contributed by atoms with van der Waals surface area (Å²) in [5.74, 6) is 1.27. The highest BCUT2D eigenvalue weighted by atomic mass is 35.5. The van der Waals surface area contributed by atoms with Gasteiger partial charge in [0.15, 0.2) is 0 Å². The lowest BCUT2D eigenvalue weighted by Crippen LogP contribution is -2.43. The molecule has 2 fully saturated rings. The van der Waals surface area contributed by atoms with Crippen LogP contribution in [-0.4, -0.2) is 47.8 Å². The lowest BCUT2D eigenvalue weighted by atomic mass is 9.90. The molecular formula is C19H25ClN2O2. The highest BCUT2D eigenvalue weighted by Gasteiger charge is 2.37. The smallest absolute Gasteiger partial charge is 0.225 e. The van der Waals surface area contributed by atoms with Crippen molar-refractivity contribution in [3.8, 4) is 0 Å². The summed E-state index contributed by atoms with van der Waals surface area (Å²) in [6, 6.07) is 7.99. The molecule has 2 atom stereocenters. The molecular weight excluding hydrogens is 324 g/mol. The number of benzene rings is 1. The van der Waals surface area contributed by atoms with E-state index in [0.29, 0.717) is 24.9 Å². The first kappa shape index (κ1) is 17.3. The summed E-state index contributed by atoms with van der Waals surface area (Å²) in [6.07, 6.45) is 1.57. The van der Waals surface area contributed by atoms with E-state index in [1.165, 1.54) is 5.56 Å². The maximum Gasteiger partial charge on any atom is 0.225 e. The van der Waals surface area contributed by atoms with Crippen LogP contribution in [0.2, 0.25) is 5.02 Å². The van der Waals surface area contributed by atoms with Gasteiger partial charge in [-0.3, -0.25) is 9.59 Å². The zero-order chi connectivity index (χ0) is 17.3. The first-order valence-electron chi connectivity index (χ1n) is 8.75. The number of rotatable bonds is 2. The summed E-state index contributed by atoms with van der Waals surface area (Å²) in [6.45, 7) is 6.82. The average molecular weight is 349 g/mol. The SMILES string of the molecule is CC(=O)N1CCC(C(=O)N2C[C@H](c3ccc(Cl)cc3)[C@@H](C)C2)CC1. The number of likely N-dealkylation sites (tertiary alicyclic amines) is 2. The van der Waals surface area contributed by atoms with E-state index in [1.54, 1.807) is 6.92 Å². The first-order chi connectivity index (χ1) is 11.5. The zero-order valence-corrected chi connectivity index (χ0v) is 15.1. The fraction of sp³-hybridized carbons (Fsp3) is 0.579. The summed E-state index contributed by atoms with van der Waals surface area (Å²) in [7, 11) is 0. The van der Waals surface area contributed by atoms with Crippen molar-refractivity contribution in [2.24, 2.45) is 11.8 Å². The van der Waals surface area contributed by atoms with E-state index < -0.39 is 0 Å². The van der Waals surface area contributed by atoms with Crippen LogP contribution in [0, 0.1) is 11.8 Å². The molecule has 0 aromatic heterocycles. The van der Waals surface area contributed by atoms with Crippen molar-refractivity contribution < 1.29 is 9.59 Å². The summed E-state index contributed by atoms with van der Waals surface area (Å²) >= 11 is 5.98. The van der Waals surface area contributed by atoms with E-state index in [4.69, 9.17) is 11.6 Å². The minimum atomic E-state index is 0.0665. The highest BCUT2D eigenvalue weighted by molar-refractivity contribution is 6.30. The normalized spacial score (nSPS) is 25.1. The second-order valence-electron chi connectivity index (χ2n) is 7.16. The van der Waals surface area contributed by atoms with Crippen LogP contribution < -0.4 is 0 Å². The third kappa shape index (κ3) is 3.59. The number of halogens is 1. The van der Waals surface area contributed by atoms with Gasteiger partial charge in [-0.1, -0.05) is 30.7 Å². The Hall–Kier alpha value is -1.55. The van der Waals surface area contributed by atoms with Gasteiger partial charge in [0.1, 0.15) is 0 Å². The molecule has 0 radical (unpaired) electrons. The first-order valence-corrected chi connectivity index (χ1v) is 9.13. The van der Waals surface area contributed by atoms with Gasteiger partial charge >= 0.3 is 0 Å². The summed E-state index contributed by atoms with van der Waals surface area (Å²) in [5.41, 5.74) is 1.26. The van der Waals surface area contributed by atoms with Crippen molar-refractivity contribution in [1.82, 2.24) is 9.80 Å². The van der Waals surface area contributed by atoms with Crippen LogP contribution in [0.5, 0.6) is 0 Å². The molecule has 0 spiro atoms. The van der Waals surface area contributed by atoms with Crippen LogP contribution >= 0.6 is 11.6 Å². The van der Waals surface area contributed by atoms with Crippen LogP contribution in [0.3, 0.4) is 0 Å². The number of hydrogen-bond donors (Lipinski definition) is 0. The molecule has 3 rings (SSSR count). The minimum absolute atomic E-state index is 0.0665. The predicted octanol–water partition coefficient (Wildman–Crippen LogP) is 3.16. The maximum atomic E-state index is 12.9. The topological polar surface area (TPSA) is 40.6 Å². The molecule has 0 saturated carbocycles. The lowest BCUT2D eigenvalue weighted by Gasteiger charge is -2.32. The molecule has 0 aliphatic carbocycles. The van der Waals surface area contributed by atoms with Crippen molar-refractivity contribution in [2.75, 3.05) is 26.2 Å². The second kappa shape index (κ2) is 7.14. The van der Waals surface area contributed by atoms with Gasteiger partial charge in [-0.25, -0.2) is 0 Å². The third-order valence-electron chi connectivity index (χ3n) is 5.51. The van der Waals surface area contributed by atoms with E-state index in [0.717, 1.165) is 31.0 Å². The Morgan fingerprint density at radius 3 is 2.25 bits per heavy atom. The number of hydrogen-bond acceptors (Lipinski definition) is 2. The Labute approximate surface area is 148 Å². The number of nitrogens with zero attached hydrogens (tertiary/aromatic N) is 2. The Morgan fingerprint density at radius 2 is 1.67 bits per heavy atom. The molecule has 2 aliphatic rings. The molecule has 4 nitrogen and oxygen atoms in total. The van der Waals surface area contributed by atoms with Crippen LogP contribution in [-0.2, 0) is 9.59 Å². The second-order valence-corrected chi connectivity index (χ2v) is 7.60. The molecule has 24 heavy (non-hydrogen) atoms. The van der Waals surface area contributed by atoms with Gasteiger partial charge in [0.05, 0.1) is 0 Å². The zero-order valence-electron chi connectivity index (χ0n) is 14.4. The molecule has 130 valence electrons. The van der Waals surface area contributed by atoms with Gasteiger partial charge < -0.3 is 9.80 Å². The molecule has 2 aliphatic heterocycles. The van der Waals surface area contributed by atoms with Gasteiger partial charge in [-0.2, -0.15) is 0 Å². The Morgan fingerprint density at radius 1 is 1.04 bits per heavy atom. The summed E-state index contributed by atoms with van der Waals surface area (Å²) in [4.78, 5) is 28.1. The Bertz CT molecular complexity index is 608. The molecule has 0 N–H and O–H groups in total. The number of piperidine rings is 1. The van der Waals surface area contributed by atoms with Gasteiger partial charge in [-0.05, 0) is 36.5 Å². The van der Waals surface area contributed by atoms with Crippen LogP contribution in [0.1, 0.15) is 38.2 Å². The van der Waals surface area contributed by atoms with Gasteiger partial charge in [0, 0.05) is 50.0 Å². The van der Waals surface area contributed by atoms with Crippen LogP contribution in [0.4, 0.5) is 0 Å². The maximum absolute atomic E-state index is 12.9. The summed E-state index contributed by atoms with van der Waals surface area (Å²) < 4.78 is 0. The third-order valence-corrected chi connectivity index (χ3v) is 5.76. The summed E-state index contributed by atoms with van der Waals surface area (Å²) in [5, 5.41) is 0.745. The molecule has 0 unspecified atom stereocenters. The van der Waals surface area contributed by atoms with Crippen molar-refractivity contribution in [1.29, 1.82) is 0 Å².